The van der Waals surface area contributed by atoms with Crippen LogP contribution in [0.1, 0.15) is 32.4 Å². The van der Waals surface area contributed by atoms with E-state index in [0.29, 0.717) is 24.4 Å². The summed E-state index contributed by atoms with van der Waals surface area (Å²) in [5, 5.41) is 9.00. The minimum absolute atomic E-state index is 0.0927. The number of anilines is 1. The van der Waals surface area contributed by atoms with Crippen molar-refractivity contribution in [2.75, 3.05) is 25.2 Å². The molecule has 5 heteroatoms. The predicted molar refractivity (Wildman–Crippen MR) is 66.0 cm³/mol. The molecule has 0 aliphatic carbocycles. The van der Waals surface area contributed by atoms with E-state index < -0.39 is 0 Å². The molecule has 1 rings (SSSR count). The highest BCUT2D eigenvalue weighted by Crippen LogP contribution is 2.19. The van der Waals surface area contributed by atoms with Gasteiger partial charge in [-0.05, 0) is 12.8 Å². The molecule has 0 unspecified atom stereocenters. The van der Waals surface area contributed by atoms with Crippen LogP contribution in [0.2, 0.25) is 0 Å². The van der Waals surface area contributed by atoms with Gasteiger partial charge in [-0.2, -0.15) is 4.98 Å². The van der Waals surface area contributed by atoms with Crippen molar-refractivity contribution in [1.82, 2.24) is 4.98 Å². The molecule has 1 heterocycles. The number of oxazole rings is 1. The second kappa shape index (κ2) is 7.29. The van der Waals surface area contributed by atoms with Gasteiger partial charge in [0, 0.05) is 19.7 Å². The number of hydrogen-bond acceptors (Lipinski definition) is 5. The van der Waals surface area contributed by atoms with Crippen LogP contribution in [0.4, 0.5) is 6.01 Å². The molecule has 0 fully saturated rings. The molecule has 0 saturated carbocycles. The van der Waals surface area contributed by atoms with Crippen LogP contribution in [-0.2, 0) is 11.3 Å². The van der Waals surface area contributed by atoms with Crippen molar-refractivity contribution < 1.29 is 14.3 Å². The van der Waals surface area contributed by atoms with Crippen LogP contribution in [0.25, 0.3) is 0 Å². The summed E-state index contributed by atoms with van der Waals surface area (Å²) in [5.74, 6) is 0. The number of aliphatic hydroxyl groups is 1. The molecule has 0 bridgehead atoms. The summed E-state index contributed by atoms with van der Waals surface area (Å²) in [6.07, 6.45) is 3.55. The number of nitrogens with zero attached hydrogens (tertiary/aromatic N) is 2. The highest BCUT2D eigenvalue weighted by molar-refractivity contribution is 5.28. The Hall–Kier alpha value is -1.07. The normalized spacial score (nSPS) is 11.1. The Kier molecular flexibility index (Phi) is 6.00. The first kappa shape index (κ1) is 14.0. The number of rotatable bonds is 8. The fourth-order valence-electron chi connectivity index (χ4n) is 1.85. The smallest absolute Gasteiger partial charge is 0.297 e. The topological polar surface area (TPSA) is 58.7 Å². The molecule has 17 heavy (non-hydrogen) atoms. The molecular formula is C12H22N2O3. The van der Waals surface area contributed by atoms with E-state index in [4.69, 9.17) is 14.3 Å². The summed E-state index contributed by atoms with van der Waals surface area (Å²) in [5.41, 5.74) is 0.563. The average molecular weight is 242 g/mol. The van der Waals surface area contributed by atoms with Crippen molar-refractivity contribution in [3.63, 3.8) is 0 Å². The van der Waals surface area contributed by atoms with Gasteiger partial charge in [0.25, 0.3) is 6.01 Å². The van der Waals surface area contributed by atoms with Crippen molar-refractivity contribution >= 4 is 6.01 Å². The molecular weight excluding hydrogens is 220 g/mol. The highest BCUT2D eigenvalue weighted by Gasteiger charge is 2.20. The van der Waals surface area contributed by atoms with Gasteiger partial charge < -0.3 is 19.2 Å². The Balaban J connectivity index is 2.80. The fraction of sp³-hybridized carbons (Fsp3) is 0.750. The van der Waals surface area contributed by atoms with Crippen LogP contribution in [0.3, 0.4) is 0 Å². The van der Waals surface area contributed by atoms with E-state index in [1.54, 1.807) is 7.11 Å². The first-order valence-corrected chi connectivity index (χ1v) is 6.07. The minimum Gasteiger partial charge on any atom is -0.432 e. The maximum atomic E-state index is 9.00. The lowest BCUT2D eigenvalue weighted by Crippen LogP contribution is -2.37. The summed E-state index contributed by atoms with van der Waals surface area (Å²) < 4.78 is 10.5. The molecule has 0 aliphatic heterocycles. The molecule has 98 valence electrons. The van der Waals surface area contributed by atoms with Crippen LogP contribution in [0, 0.1) is 0 Å². The molecule has 0 spiro atoms. The molecule has 5 nitrogen and oxygen atoms in total. The lowest BCUT2D eigenvalue weighted by molar-refractivity contribution is 0.201. The van der Waals surface area contributed by atoms with Crippen LogP contribution in [0.5, 0.6) is 0 Å². The molecule has 0 aromatic carbocycles. The van der Waals surface area contributed by atoms with Crippen LogP contribution in [0.15, 0.2) is 10.7 Å². The van der Waals surface area contributed by atoms with Gasteiger partial charge in [0.15, 0.2) is 0 Å². The first-order valence-electron chi connectivity index (χ1n) is 6.07. The second-order valence-electron chi connectivity index (χ2n) is 3.94. The SMILES string of the molecule is CCC(CC)N(CCOC)c1nc(CO)co1. The van der Waals surface area contributed by atoms with Crippen LogP contribution >= 0.6 is 0 Å². The van der Waals surface area contributed by atoms with Gasteiger partial charge >= 0.3 is 0 Å². The van der Waals surface area contributed by atoms with Crippen molar-refractivity contribution in [3.05, 3.63) is 12.0 Å². The maximum Gasteiger partial charge on any atom is 0.297 e. The van der Waals surface area contributed by atoms with Gasteiger partial charge in [-0.15, -0.1) is 0 Å². The van der Waals surface area contributed by atoms with Crippen molar-refractivity contribution in [1.29, 1.82) is 0 Å². The average Bonchev–Trinajstić information content (AvgIpc) is 2.83. The van der Waals surface area contributed by atoms with Gasteiger partial charge in [-0.25, -0.2) is 0 Å². The van der Waals surface area contributed by atoms with Crippen molar-refractivity contribution in [2.45, 2.75) is 39.3 Å². The Morgan fingerprint density at radius 3 is 2.65 bits per heavy atom. The Morgan fingerprint density at radius 2 is 2.18 bits per heavy atom. The van der Waals surface area contributed by atoms with Crippen LogP contribution in [-0.4, -0.2) is 36.4 Å². The zero-order valence-electron chi connectivity index (χ0n) is 10.8. The number of aliphatic hydroxyl groups excluding tert-OH is 1. The van der Waals surface area contributed by atoms with Gasteiger partial charge in [-0.1, -0.05) is 13.8 Å². The molecule has 0 atom stereocenters. The van der Waals surface area contributed by atoms with E-state index in [0.717, 1.165) is 19.4 Å². The molecule has 0 amide bonds. The number of methoxy groups -OCH3 is 1. The number of hydrogen-bond donors (Lipinski definition) is 1. The summed E-state index contributed by atoms with van der Waals surface area (Å²) >= 11 is 0. The molecule has 1 aromatic heterocycles. The zero-order chi connectivity index (χ0) is 12.7. The molecule has 1 aromatic rings. The number of aromatic nitrogens is 1. The lowest BCUT2D eigenvalue weighted by Gasteiger charge is -2.28. The van der Waals surface area contributed by atoms with E-state index in [9.17, 15) is 0 Å². The third kappa shape index (κ3) is 3.71. The largest absolute Gasteiger partial charge is 0.432 e. The minimum atomic E-state index is -0.0927. The monoisotopic (exact) mass is 242 g/mol. The standard InChI is InChI=1S/C12H22N2O3/c1-4-11(5-2)14(6-7-16-3)12-13-10(8-15)9-17-12/h9,11,15H,4-8H2,1-3H3. The lowest BCUT2D eigenvalue weighted by atomic mass is 10.1. The second-order valence-corrected chi connectivity index (χ2v) is 3.94. The van der Waals surface area contributed by atoms with E-state index >= 15 is 0 Å². The summed E-state index contributed by atoms with van der Waals surface area (Å²) in [7, 11) is 1.68. The quantitative estimate of drug-likeness (QED) is 0.753. The first-order chi connectivity index (χ1) is 8.26. The maximum absolute atomic E-state index is 9.00. The van der Waals surface area contributed by atoms with Crippen molar-refractivity contribution in [3.8, 4) is 0 Å². The number of ether oxygens (including phenoxy) is 1. The summed E-state index contributed by atoms with van der Waals surface area (Å²) in [4.78, 5) is 6.35. The van der Waals surface area contributed by atoms with Gasteiger partial charge in [0.05, 0.1) is 13.2 Å². The van der Waals surface area contributed by atoms with Gasteiger partial charge in [0.2, 0.25) is 0 Å². The summed E-state index contributed by atoms with van der Waals surface area (Å²) in [6.45, 7) is 5.57. The molecule has 0 aliphatic rings. The zero-order valence-corrected chi connectivity index (χ0v) is 10.8. The van der Waals surface area contributed by atoms with Gasteiger partial charge in [0.1, 0.15) is 12.0 Å². The third-order valence-electron chi connectivity index (χ3n) is 2.87. The summed E-state index contributed by atoms with van der Waals surface area (Å²) in [6, 6.07) is 0.954. The van der Waals surface area contributed by atoms with Crippen LogP contribution < -0.4 is 4.90 Å². The molecule has 0 saturated heterocycles. The van der Waals surface area contributed by atoms with Crippen molar-refractivity contribution in [2.24, 2.45) is 0 Å². The fourth-order valence-corrected chi connectivity index (χ4v) is 1.85. The van der Waals surface area contributed by atoms with E-state index in [1.165, 1.54) is 6.26 Å². The third-order valence-corrected chi connectivity index (χ3v) is 2.87. The highest BCUT2D eigenvalue weighted by atomic mass is 16.5. The van der Waals surface area contributed by atoms with E-state index in [1.807, 2.05) is 0 Å². The Labute approximate surface area is 102 Å². The predicted octanol–water partition coefficient (Wildman–Crippen LogP) is 1.81. The Morgan fingerprint density at radius 1 is 1.47 bits per heavy atom. The van der Waals surface area contributed by atoms with E-state index in [-0.39, 0.29) is 6.61 Å². The molecule has 0 radical (unpaired) electrons. The molecule has 1 N–H and O–H groups in total. The Bertz CT molecular complexity index is 310. The van der Waals surface area contributed by atoms with Gasteiger partial charge in [-0.3, -0.25) is 0 Å². The van der Waals surface area contributed by atoms with E-state index in [2.05, 4.69) is 23.7 Å².